The van der Waals surface area contributed by atoms with Crippen LogP contribution in [0.4, 0.5) is 0 Å². The quantitative estimate of drug-likeness (QED) is 0.917. The normalized spacial score (nSPS) is 12.6. The number of nitrogens with zero attached hydrogens (tertiary/aromatic N) is 4. The summed E-state index contributed by atoms with van der Waals surface area (Å²) in [6.07, 6.45) is 1.80. The Morgan fingerprint density at radius 3 is 2.84 bits per heavy atom. The minimum atomic E-state index is 0.178. The first kappa shape index (κ1) is 14.3. The minimum Gasteiger partial charge on any atom is -0.327 e. The Bertz CT molecular complexity index is 557. The second-order valence-electron chi connectivity index (χ2n) is 4.32. The van der Waals surface area contributed by atoms with Gasteiger partial charge in [-0.05, 0) is 52.7 Å². The number of hydrogen-bond donors (Lipinski definition) is 1. The second kappa shape index (κ2) is 6.36. The van der Waals surface area contributed by atoms with Crippen LogP contribution in [-0.2, 0) is 13.5 Å². The van der Waals surface area contributed by atoms with E-state index >= 15 is 0 Å². The van der Waals surface area contributed by atoms with Crippen LogP contribution in [0.1, 0.15) is 18.9 Å². The van der Waals surface area contributed by atoms with Crippen molar-refractivity contribution in [2.75, 3.05) is 0 Å². The van der Waals surface area contributed by atoms with Crippen molar-refractivity contribution >= 4 is 23.4 Å². The molecule has 2 N–H and O–H groups in total. The molecular formula is C12H16ClN5S. The Balaban J connectivity index is 2.13. The van der Waals surface area contributed by atoms with Crippen molar-refractivity contribution < 1.29 is 0 Å². The lowest BCUT2D eigenvalue weighted by Crippen LogP contribution is -2.21. The highest BCUT2D eigenvalue weighted by Gasteiger charge is 2.10. The Kier molecular flexibility index (Phi) is 4.79. The predicted octanol–water partition coefficient (Wildman–Crippen LogP) is 2.29. The van der Waals surface area contributed by atoms with Gasteiger partial charge in [-0.3, -0.25) is 0 Å². The molecule has 0 spiro atoms. The Labute approximate surface area is 121 Å². The molecule has 0 aliphatic rings. The molecule has 0 aliphatic carbocycles. The summed E-state index contributed by atoms with van der Waals surface area (Å²) in [6, 6.07) is 6.17. The SMILES string of the molecule is CCC(N)Cc1ccc(Sc2nnnn2C)c(Cl)c1. The summed E-state index contributed by atoms with van der Waals surface area (Å²) in [5, 5.41) is 12.7. The number of rotatable bonds is 5. The Morgan fingerprint density at radius 2 is 2.26 bits per heavy atom. The maximum Gasteiger partial charge on any atom is 0.213 e. The van der Waals surface area contributed by atoms with Gasteiger partial charge in [-0.15, -0.1) is 5.10 Å². The molecule has 0 bridgehead atoms. The van der Waals surface area contributed by atoms with Crippen molar-refractivity contribution in [2.24, 2.45) is 12.8 Å². The molecule has 102 valence electrons. The third kappa shape index (κ3) is 3.68. The summed E-state index contributed by atoms with van der Waals surface area (Å²) in [4.78, 5) is 0.938. The molecular weight excluding hydrogens is 282 g/mol. The first-order valence-electron chi connectivity index (χ1n) is 6.04. The highest BCUT2D eigenvalue weighted by molar-refractivity contribution is 7.99. The zero-order chi connectivity index (χ0) is 13.8. The van der Waals surface area contributed by atoms with Crippen molar-refractivity contribution in [3.05, 3.63) is 28.8 Å². The van der Waals surface area contributed by atoms with Gasteiger partial charge < -0.3 is 5.73 Å². The molecule has 1 aromatic carbocycles. The van der Waals surface area contributed by atoms with E-state index in [0.717, 1.165) is 23.3 Å². The number of nitrogens with two attached hydrogens (primary N) is 1. The Morgan fingerprint density at radius 1 is 1.47 bits per heavy atom. The van der Waals surface area contributed by atoms with E-state index < -0.39 is 0 Å². The predicted molar refractivity (Wildman–Crippen MR) is 76.3 cm³/mol. The fraction of sp³-hybridized carbons (Fsp3) is 0.417. The molecule has 0 fully saturated rings. The molecule has 1 atom stereocenters. The summed E-state index contributed by atoms with van der Waals surface area (Å²) in [6.45, 7) is 2.08. The third-order valence-electron chi connectivity index (χ3n) is 2.80. The van der Waals surface area contributed by atoms with Crippen molar-refractivity contribution in [3.8, 4) is 0 Å². The third-order valence-corrected chi connectivity index (χ3v) is 4.33. The van der Waals surface area contributed by atoms with Crippen LogP contribution in [0.15, 0.2) is 28.3 Å². The zero-order valence-corrected chi connectivity index (χ0v) is 12.4. The van der Waals surface area contributed by atoms with Gasteiger partial charge in [0.15, 0.2) is 0 Å². The molecule has 0 aliphatic heterocycles. The lowest BCUT2D eigenvalue weighted by atomic mass is 10.1. The fourth-order valence-electron chi connectivity index (χ4n) is 1.61. The lowest BCUT2D eigenvalue weighted by molar-refractivity contribution is 0.646. The first-order chi connectivity index (χ1) is 9.10. The summed E-state index contributed by atoms with van der Waals surface area (Å²) in [7, 11) is 1.80. The van der Waals surface area contributed by atoms with E-state index in [0.29, 0.717) is 10.2 Å². The second-order valence-corrected chi connectivity index (χ2v) is 5.74. The van der Waals surface area contributed by atoms with Gasteiger partial charge in [-0.25, -0.2) is 4.68 Å². The van der Waals surface area contributed by atoms with E-state index in [9.17, 15) is 0 Å². The van der Waals surface area contributed by atoms with Crippen LogP contribution in [0.25, 0.3) is 0 Å². The average molecular weight is 298 g/mol. The molecule has 2 aromatic rings. The van der Waals surface area contributed by atoms with Crippen LogP contribution in [0.5, 0.6) is 0 Å². The van der Waals surface area contributed by atoms with Gasteiger partial charge in [0.2, 0.25) is 5.16 Å². The molecule has 2 rings (SSSR count). The van der Waals surface area contributed by atoms with E-state index in [1.54, 1.807) is 11.7 Å². The van der Waals surface area contributed by atoms with Crippen LogP contribution < -0.4 is 5.73 Å². The summed E-state index contributed by atoms with van der Waals surface area (Å²) in [5.74, 6) is 0. The van der Waals surface area contributed by atoms with Gasteiger partial charge in [0.05, 0.1) is 5.02 Å². The highest BCUT2D eigenvalue weighted by atomic mass is 35.5. The number of hydrogen-bond acceptors (Lipinski definition) is 5. The van der Waals surface area contributed by atoms with Crippen LogP contribution in [0.3, 0.4) is 0 Å². The summed E-state index contributed by atoms with van der Waals surface area (Å²) in [5.41, 5.74) is 7.10. The van der Waals surface area contributed by atoms with E-state index in [1.807, 2.05) is 18.2 Å². The van der Waals surface area contributed by atoms with Gasteiger partial charge in [0, 0.05) is 18.0 Å². The number of aryl methyl sites for hydroxylation is 1. The number of aromatic nitrogens is 4. The molecule has 5 nitrogen and oxygen atoms in total. The monoisotopic (exact) mass is 297 g/mol. The number of benzene rings is 1. The molecule has 1 heterocycles. The smallest absolute Gasteiger partial charge is 0.213 e. The van der Waals surface area contributed by atoms with Gasteiger partial charge in [-0.2, -0.15) is 0 Å². The summed E-state index contributed by atoms with van der Waals surface area (Å²) < 4.78 is 1.61. The van der Waals surface area contributed by atoms with Crippen LogP contribution in [0.2, 0.25) is 5.02 Å². The van der Waals surface area contributed by atoms with Gasteiger partial charge in [-0.1, -0.05) is 24.6 Å². The fourth-order valence-corrected chi connectivity index (χ4v) is 2.66. The van der Waals surface area contributed by atoms with Crippen molar-refractivity contribution in [3.63, 3.8) is 0 Å². The maximum atomic E-state index is 6.29. The molecule has 1 unspecified atom stereocenters. The van der Waals surface area contributed by atoms with Crippen molar-refractivity contribution in [2.45, 2.75) is 35.9 Å². The van der Waals surface area contributed by atoms with Gasteiger partial charge >= 0.3 is 0 Å². The number of tetrazole rings is 1. The highest BCUT2D eigenvalue weighted by Crippen LogP contribution is 2.32. The van der Waals surface area contributed by atoms with Gasteiger partial charge in [0.1, 0.15) is 0 Å². The number of halogens is 1. The van der Waals surface area contributed by atoms with Crippen molar-refractivity contribution in [1.29, 1.82) is 0 Å². The van der Waals surface area contributed by atoms with Crippen molar-refractivity contribution in [1.82, 2.24) is 20.2 Å². The van der Waals surface area contributed by atoms with Crippen LogP contribution >= 0.6 is 23.4 Å². The van der Waals surface area contributed by atoms with E-state index in [-0.39, 0.29) is 6.04 Å². The lowest BCUT2D eigenvalue weighted by Gasteiger charge is -2.10. The maximum absolute atomic E-state index is 6.29. The molecule has 7 heteroatoms. The van der Waals surface area contributed by atoms with Crippen LogP contribution in [-0.4, -0.2) is 26.2 Å². The minimum absolute atomic E-state index is 0.178. The van der Waals surface area contributed by atoms with Gasteiger partial charge in [0.25, 0.3) is 0 Å². The largest absolute Gasteiger partial charge is 0.327 e. The first-order valence-corrected chi connectivity index (χ1v) is 7.23. The molecule has 0 amide bonds. The molecule has 0 saturated heterocycles. The average Bonchev–Trinajstić information content (AvgIpc) is 2.78. The summed E-state index contributed by atoms with van der Waals surface area (Å²) >= 11 is 7.73. The van der Waals surface area contributed by atoms with E-state index in [1.165, 1.54) is 11.8 Å². The molecule has 0 radical (unpaired) electrons. The zero-order valence-electron chi connectivity index (χ0n) is 10.9. The van der Waals surface area contributed by atoms with Crippen LogP contribution in [0, 0.1) is 0 Å². The van der Waals surface area contributed by atoms with E-state index in [2.05, 4.69) is 22.4 Å². The van der Waals surface area contributed by atoms with E-state index in [4.69, 9.17) is 17.3 Å². The molecule has 1 aromatic heterocycles. The molecule has 19 heavy (non-hydrogen) atoms. The Hall–Kier alpha value is -1.11. The standard InChI is InChI=1S/C12H16ClN5S/c1-3-9(14)6-8-4-5-11(10(13)7-8)19-12-15-16-17-18(12)2/h4-5,7,9H,3,6,14H2,1-2H3. The topological polar surface area (TPSA) is 69.6 Å². The molecule has 0 saturated carbocycles.